The van der Waals surface area contributed by atoms with E-state index in [4.69, 9.17) is 9.97 Å². The smallest absolute Gasteiger partial charge is 0.153 e. The van der Waals surface area contributed by atoms with Crippen LogP contribution in [0.25, 0.3) is 10.9 Å². The number of anilines is 2. The fraction of sp³-hybridized carbons (Fsp3) is 0.190. The molecular formula is C21H19N5. The lowest BCUT2D eigenvalue weighted by atomic mass is 10.1. The molecule has 5 rings (SSSR count). The highest BCUT2D eigenvalue weighted by Gasteiger charge is 2.42. The van der Waals surface area contributed by atoms with Crippen molar-refractivity contribution in [3.8, 4) is 0 Å². The van der Waals surface area contributed by atoms with Gasteiger partial charge in [0.2, 0.25) is 0 Å². The van der Waals surface area contributed by atoms with E-state index in [1.165, 1.54) is 5.56 Å². The van der Waals surface area contributed by atoms with Gasteiger partial charge in [-0.2, -0.15) is 5.10 Å². The maximum absolute atomic E-state index is 4.87. The Morgan fingerprint density at radius 3 is 2.58 bits per heavy atom. The number of nitrogens with zero attached hydrogens (tertiary/aromatic N) is 3. The topological polar surface area (TPSA) is 66.5 Å². The lowest BCUT2D eigenvalue weighted by Gasteiger charge is -2.09. The van der Waals surface area contributed by atoms with E-state index in [1.54, 1.807) is 0 Å². The SMILES string of the molecule is Cc1cc(Nc2nc(C3CC3c3ccccc3)nc3ccccc23)n[nH]1. The normalized spacial score (nSPS) is 18.8. The van der Waals surface area contributed by atoms with Gasteiger partial charge in [0.25, 0.3) is 0 Å². The fourth-order valence-corrected chi connectivity index (χ4v) is 3.51. The van der Waals surface area contributed by atoms with E-state index in [0.29, 0.717) is 11.8 Å². The molecule has 0 saturated heterocycles. The quantitative estimate of drug-likeness (QED) is 0.566. The zero-order valence-electron chi connectivity index (χ0n) is 14.5. The van der Waals surface area contributed by atoms with Gasteiger partial charge in [-0.1, -0.05) is 42.5 Å². The summed E-state index contributed by atoms with van der Waals surface area (Å²) >= 11 is 0. The predicted molar refractivity (Wildman–Crippen MR) is 103 cm³/mol. The van der Waals surface area contributed by atoms with Gasteiger partial charge >= 0.3 is 0 Å². The van der Waals surface area contributed by atoms with Gasteiger partial charge in [-0.3, -0.25) is 5.10 Å². The summed E-state index contributed by atoms with van der Waals surface area (Å²) in [5.41, 5.74) is 3.34. The van der Waals surface area contributed by atoms with Crippen molar-refractivity contribution in [2.24, 2.45) is 0 Å². The van der Waals surface area contributed by atoms with Crippen LogP contribution in [0, 0.1) is 6.92 Å². The molecule has 2 aromatic carbocycles. The Balaban J connectivity index is 1.53. The molecule has 1 aliphatic rings. The standard InChI is InChI=1S/C21H19N5/c1-13-11-19(26-25-13)23-20-15-9-5-6-10-18(15)22-21(24-20)17-12-16(17)14-7-3-2-4-8-14/h2-11,16-17H,12H2,1H3,(H2,22,23,24,25,26). The van der Waals surface area contributed by atoms with E-state index in [9.17, 15) is 0 Å². The molecule has 2 unspecified atom stereocenters. The van der Waals surface area contributed by atoms with Gasteiger partial charge in [0.1, 0.15) is 11.6 Å². The summed E-state index contributed by atoms with van der Waals surface area (Å²) in [5, 5.41) is 11.6. The maximum atomic E-state index is 4.87. The molecule has 2 heterocycles. The first kappa shape index (κ1) is 15.1. The van der Waals surface area contributed by atoms with Gasteiger partial charge in [-0.05, 0) is 37.0 Å². The van der Waals surface area contributed by atoms with E-state index in [1.807, 2.05) is 37.3 Å². The first-order valence-electron chi connectivity index (χ1n) is 8.88. The number of para-hydroxylation sites is 1. The Kier molecular flexibility index (Phi) is 3.45. The Bertz CT molecular complexity index is 1070. The predicted octanol–water partition coefficient (Wildman–Crippen LogP) is 4.68. The molecule has 0 spiro atoms. The molecular weight excluding hydrogens is 322 g/mol. The van der Waals surface area contributed by atoms with Crippen molar-refractivity contribution in [1.82, 2.24) is 20.2 Å². The Labute approximate surface area is 151 Å². The lowest BCUT2D eigenvalue weighted by molar-refractivity contribution is 0.912. The van der Waals surface area contributed by atoms with Crippen LogP contribution < -0.4 is 5.32 Å². The average molecular weight is 341 g/mol. The van der Waals surface area contributed by atoms with Crippen molar-refractivity contribution in [2.75, 3.05) is 5.32 Å². The molecule has 2 N–H and O–H groups in total. The van der Waals surface area contributed by atoms with Crippen LogP contribution in [0.4, 0.5) is 11.6 Å². The molecule has 5 nitrogen and oxygen atoms in total. The van der Waals surface area contributed by atoms with Gasteiger partial charge < -0.3 is 5.32 Å². The molecule has 1 saturated carbocycles. The van der Waals surface area contributed by atoms with Crippen LogP contribution in [-0.2, 0) is 0 Å². The third kappa shape index (κ3) is 2.71. The molecule has 0 aliphatic heterocycles. The van der Waals surface area contributed by atoms with E-state index in [0.717, 1.165) is 40.5 Å². The van der Waals surface area contributed by atoms with Crippen molar-refractivity contribution in [3.05, 3.63) is 77.7 Å². The molecule has 0 bridgehead atoms. The first-order chi connectivity index (χ1) is 12.8. The Hall–Kier alpha value is -3.21. The second kappa shape index (κ2) is 5.95. The molecule has 128 valence electrons. The monoisotopic (exact) mass is 341 g/mol. The zero-order valence-corrected chi connectivity index (χ0v) is 14.5. The summed E-state index contributed by atoms with van der Waals surface area (Å²) in [6.45, 7) is 1.98. The summed E-state index contributed by atoms with van der Waals surface area (Å²) in [6.07, 6.45) is 1.10. The van der Waals surface area contributed by atoms with E-state index in [-0.39, 0.29) is 0 Å². The van der Waals surface area contributed by atoms with Crippen molar-refractivity contribution < 1.29 is 0 Å². The van der Waals surface area contributed by atoms with Crippen LogP contribution in [-0.4, -0.2) is 20.2 Å². The second-order valence-corrected chi connectivity index (χ2v) is 6.87. The number of fused-ring (bicyclic) bond motifs is 1. The summed E-state index contributed by atoms with van der Waals surface area (Å²) in [5.74, 6) is 3.39. The molecule has 1 aliphatic carbocycles. The molecule has 0 amide bonds. The summed E-state index contributed by atoms with van der Waals surface area (Å²) in [4.78, 5) is 9.71. The van der Waals surface area contributed by atoms with Crippen LogP contribution in [0.2, 0.25) is 0 Å². The number of H-pyrrole nitrogens is 1. The number of rotatable bonds is 4. The minimum absolute atomic E-state index is 0.378. The summed E-state index contributed by atoms with van der Waals surface area (Å²) < 4.78 is 0. The van der Waals surface area contributed by atoms with Crippen LogP contribution in [0.15, 0.2) is 60.7 Å². The lowest BCUT2D eigenvalue weighted by Crippen LogP contribution is -2.02. The van der Waals surface area contributed by atoms with Crippen molar-refractivity contribution in [2.45, 2.75) is 25.2 Å². The van der Waals surface area contributed by atoms with Gasteiger partial charge in [-0.15, -0.1) is 0 Å². The Morgan fingerprint density at radius 2 is 1.77 bits per heavy atom. The highest BCUT2D eigenvalue weighted by Crippen LogP contribution is 2.53. The third-order valence-electron chi connectivity index (χ3n) is 4.92. The van der Waals surface area contributed by atoms with E-state index in [2.05, 4.69) is 45.8 Å². The molecule has 4 aromatic rings. The van der Waals surface area contributed by atoms with Crippen molar-refractivity contribution in [3.63, 3.8) is 0 Å². The van der Waals surface area contributed by atoms with Crippen molar-refractivity contribution >= 4 is 22.5 Å². The Morgan fingerprint density at radius 1 is 0.962 bits per heavy atom. The number of nitrogens with one attached hydrogen (secondary N) is 2. The number of hydrogen-bond acceptors (Lipinski definition) is 4. The van der Waals surface area contributed by atoms with Crippen LogP contribution in [0.1, 0.15) is 35.3 Å². The second-order valence-electron chi connectivity index (χ2n) is 6.87. The van der Waals surface area contributed by atoms with E-state index >= 15 is 0 Å². The molecule has 5 heteroatoms. The average Bonchev–Trinajstić information content (AvgIpc) is 3.38. The summed E-state index contributed by atoms with van der Waals surface area (Å²) in [7, 11) is 0. The third-order valence-corrected chi connectivity index (χ3v) is 4.92. The van der Waals surface area contributed by atoms with E-state index < -0.39 is 0 Å². The van der Waals surface area contributed by atoms with Crippen LogP contribution in [0.3, 0.4) is 0 Å². The number of benzene rings is 2. The molecule has 2 atom stereocenters. The fourth-order valence-electron chi connectivity index (χ4n) is 3.51. The molecule has 1 fully saturated rings. The minimum Gasteiger partial charge on any atom is -0.323 e. The van der Waals surface area contributed by atoms with Gasteiger partial charge in [0.05, 0.1) is 5.52 Å². The number of aromatic amines is 1. The molecule has 26 heavy (non-hydrogen) atoms. The zero-order chi connectivity index (χ0) is 17.5. The van der Waals surface area contributed by atoms with Crippen LogP contribution in [0.5, 0.6) is 0 Å². The first-order valence-corrected chi connectivity index (χ1v) is 8.88. The molecule has 0 radical (unpaired) electrons. The maximum Gasteiger partial charge on any atom is 0.153 e. The largest absolute Gasteiger partial charge is 0.323 e. The van der Waals surface area contributed by atoms with Gasteiger partial charge in [0, 0.05) is 23.1 Å². The summed E-state index contributed by atoms with van der Waals surface area (Å²) in [6, 6.07) is 20.7. The number of aromatic nitrogens is 4. The minimum atomic E-state index is 0.378. The molecule has 2 aromatic heterocycles. The van der Waals surface area contributed by atoms with Crippen LogP contribution >= 0.6 is 0 Å². The number of aryl methyl sites for hydroxylation is 1. The van der Waals surface area contributed by atoms with Gasteiger partial charge in [0.15, 0.2) is 5.82 Å². The highest BCUT2D eigenvalue weighted by atomic mass is 15.2. The van der Waals surface area contributed by atoms with Gasteiger partial charge in [-0.25, -0.2) is 9.97 Å². The number of hydrogen-bond donors (Lipinski definition) is 2. The van der Waals surface area contributed by atoms with Crippen molar-refractivity contribution in [1.29, 1.82) is 0 Å². The highest BCUT2D eigenvalue weighted by molar-refractivity contribution is 5.90.